The number of amides is 1. The standard InChI is InChI=1S/C18H22BrN3O2/c1-18(2,3)24-17(23)22-6-5-15-14(10-22)13-8-12(19)7-11(9-20)16(13)21(15)4/h7-8,14-15H,5-6,10H2,1-4H3/t14-,15-/m1/s1. The smallest absolute Gasteiger partial charge is 0.410 e. The third-order valence-corrected chi connectivity index (χ3v) is 5.16. The van der Waals surface area contributed by atoms with Gasteiger partial charge in [0.15, 0.2) is 0 Å². The van der Waals surface area contributed by atoms with E-state index in [1.54, 1.807) is 4.90 Å². The van der Waals surface area contributed by atoms with Crippen molar-refractivity contribution in [3.8, 4) is 6.07 Å². The summed E-state index contributed by atoms with van der Waals surface area (Å²) in [6.45, 7) is 6.95. The second-order valence-corrected chi connectivity index (χ2v) is 8.42. The summed E-state index contributed by atoms with van der Waals surface area (Å²) in [7, 11) is 2.04. The summed E-state index contributed by atoms with van der Waals surface area (Å²) in [5, 5.41) is 9.46. The van der Waals surface area contributed by atoms with Gasteiger partial charge in [-0.1, -0.05) is 15.9 Å². The largest absolute Gasteiger partial charge is 0.444 e. The molecule has 1 aromatic carbocycles. The molecule has 128 valence electrons. The SMILES string of the molecule is CN1c2c(C#N)cc(Br)cc2[C@H]2CN(C(=O)OC(C)(C)C)CC[C@H]21. The Morgan fingerprint density at radius 1 is 1.42 bits per heavy atom. The summed E-state index contributed by atoms with van der Waals surface area (Å²) in [5.41, 5.74) is 2.33. The number of benzene rings is 1. The molecule has 3 rings (SSSR count). The van der Waals surface area contributed by atoms with Gasteiger partial charge in [-0.15, -0.1) is 0 Å². The molecule has 6 heteroatoms. The molecule has 0 aromatic heterocycles. The quantitative estimate of drug-likeness (QED) is 0.673. The Morgan fingerprint density at radius 2 is 2.12 bits per heavy atom. The zero-order valence-electron chi connectivity index (χ0n) is 14.5. The molecular formula is C18H22BrN3O2. The van der Waals surface area contributed by atoms with Crippen LogP contribution in [-0.4, -0.2) is 42.8 Å². The fourth-order valence-electron chi connectivity index (χ4n) is 3.75. The molecule has 1 fully saturated rings. The van der Waals surface area contributed by atoms with Crippen LogP contribution in [-0.2, 0) is 4.74 Å². The van der Waals surface area contributed by atoms with Gasteiger partial charge in [-0.2, -0.15) is 5.26 Å². The Balaban J connectivity index is 1.90. The lowest BCUT2D eigenvalue weighted by Crippen LogP contribution is -2.48. The summed E-state index contributed by atoms with van der Waals surface area (Å²) in [4.78, 5) is 16.4. The third-order valence-electron chi connectivity index (χ3n) is 4.70. The molecule has 2 aliphatic rings. The Bertz CT molecular complexity index is 720. The molecule has 2 aliphatic heterocycles. The van der Waals surface area contributed by atoms with Gasteiger partial charge < -0.3 is 14.5 Å². The van der Waals surface area contributed by atoms with Crippen molar-refractivity contribution in [2.24, 2.45) is 0 Å². The van der Waals surface area contributed by atoms with E-state index in [0.717, 1.165) is 22.1 Å². The van der Waals surface area contributed by atoms with Gasteiger partial charge in [0.2, 0.25) is 0 Å². The first-order chi connectivity index (χ1) is 11.2. The minimum Gasteiger partial charge on any atom is -0.444 e. The molecular weight excluding hydrogens is 370 g/mol. The van der Waals surface area contributed by atoms with Gasteiger partial charge >= 0.3 is 6.09 Å². The van der Waals surface area contributed by atoms with E-state index >= 15 is 0 Å². The lowest BCUT2D eigenvalue weighted by atomic mass is 9.89. The number of nitriles is 1. The number of ether oxygens (including phenoxy) is 1. The van der Waals surface area contributed by atoms with Crippen LogP contribution < -0.4 is 4.90 Å². The van der Waals surface area contributed by atoms with E-state index < -0.39 is 5.60 Å². The minimum absolute atomic E-state index is 0.205. The predicted octanol–water partition coefficient (Wildman–Crippen LogP) is 3.86. The van der Waals surface area contributed by atoms with Crippen molar-refractivity contribution >= 4 is 27.7 Å². The van der Waals surface area contributed by atoms with Gasteiger partial charge in [-0.05, 0) is 44.9 Å². The van der Waals surface area contributed by atoms with Crippen molar-refractivity contribution in [3.05, 3.63) is 27.7 Å². The van der Waals surface area contributed by atoms with E-state index in [1.807, 2.05) is 33.9 Å². The van der Waals surface area contributed by atoms with Crippen LogP contribution in [0.2, 0.25) is 0 Å². The van der Waals surface area contributed by atoms with Crippen molar-refractivity contribution in [2.75, 3.05) is 25.0 Å². The molecule has 1 aromatic rings. The zero-order valence-corrected chi connectivity index (χ0v) is 16.1. The van der Waals surface area contributed by atoms with Crippen LogP contribution in [0.15, 0.2) is 16.6 Å². The summed E-state index contributed by atoms with van der Waals surface area (Å²) in [6.07, 6.45) is 0.616. The van der Waals surface area contributed by atoms with Crippen LogP contribution in [0.25, 0.3) is 0 Å². The minimum atomic E-state index is -0.491. The van der Waals surface area contributed by atoms with Crippen LogP contribution in [0.5, 0.6) is 0 Å². The summed E-state index contributed by atoms with van der Waals surface area (Å²) < 4.78 is 6.42. The van der Waals surface area contributed by atoms with E-state index in [1.165, 1.54) is 0 Å². The number of nitrogens with zero attached hydrogens (tertiary/aromatic N) is 3. The number of likely N-dealkylation sites (tertiary alicyclic amines) is 1. The van der Waals surface area contributed by atoms with E-state index in [2.05, 4.69) is 33.0 Å². The fraction of sp³-hybridized carbons (Fsp3) is 0.556. The highest BCUT2D eigenvalue weighted by molar-refractivity contribution is 9.10. The number of fused-ring (bicyclic) bond motifs is 3. The van der Waals surface area contributed by atoms with E-state index in [-0.39, 0.29) is 12.0 Å². The summed E-state index contributed by atoms with van der Waals surface area (Å²) >= 11 is 3.50. The highest BCUT2D eigenvalue weighted by Gasteiger charge is 2.43. The van der Waals surface area contributed by atoms with E-state index in [0.29, 0.717) is 24.7 Å². The molecule has 0 bridgehead atoms. The lowest BCUT2D eigenvalue weighted by Gasteiger charge is -2.38. The summed E-state index contributed by atoms with van der Waals surface area (Å²) in [5.74, 6) is 0.205. The number of hydrogen-bond donors (Lipinski definition) is 0. The Kier molecular flexibility index (Phi) is 4.25. The lowest BCUT2D eigenvalue weighted by molar-refractivity contribution is 0.0190. The highest BCUT2D eigenvalue weighted by Crippen LogP contribution is 2.46. The van der Waals surface area contributed by atoms with Crippen molar-refractivity contribution in [2.45, 2.75) is 44.8 Å². The number of halogens is 1. The van der Waals surface area contributed by atoms with Crippen LogP contribution in [0.3, 0.4) is 0 Å². The van der Waals surface area contributed by atoms with Gasteiger partial charge in [-0.25, -0.2) is 4.79 Å². The molecule has 24 heavy (non-hydrogen) atoms. The fourth-order valence-corrected chi connectivity index (χ4v) is 4.22. The number of carbonyl (C=O) groups is 1. The maximum atomic E-state index is 12.4. The first-order valence-corrected chi connectivity index (χ1v) is 8.95. The Labute approximate surface area is 151 Å². The third kappa shape index (κ3) is 2.98. The van der Waals surface area contributed by atoms with Crippen LogP contribution in [0.4, 0.5) is 10.5 Å². The van der Waals surface area contributed by atoms with Gasteiger partial charge in [0.05, 0.1) is 11.3 Å². The van der Waals surface area contributed by atoms with Gasteiger partial charge in [0, 0.05) is 36.6 Å². The van der Waals surface area contributed by atoms with Crippen LogP contribution in [0, 0.1) is 11.3 Å². The van der Waals surface area contributed by atoms with E-state index in [4.69, 9.17) is 4.74 Å². The molecule has 1 saturated heterocycles. The first-order valence-electron chi connectivity index (χ1n) is 8.15. The molecule has 0 unspecified atom stereocenters. The highest BCUT2D eigenvalue weighted by atomic mass is 79.9. The van der Waals surface area contributed by atoms with Crippen molar-refractivity contribution in [1.29, 1.82) is 5.26 Å². The predicted molar refractivity (Wildman–Crippen MR) is 96.2 cm³/mol. The van der Waals surface area contributed by atoms with Gasteiger partial charge in [0.25, 0.3) is 0 Å². The maximum absolute atomic E-state index is 12.4. The molecule has 2 atom stereocenters. The molecule has 5 nitrogen and oxygen atoms in total. The van der Waals surface area contributed by atoms with Crippen molar-refractivity contribution in [1.82, 2.24) is 4.90 Å². The number of anilines is 1. The maximum Gasteiger partial charge on any atom is 0.410 e. The molecule has 0 radical (unpaired) electrons. The Hall–Kier alpha value is -1.74. The monoisotopic (exact) mass is 391 g/mol. The number of likely N-dealkylation sites (N-methyl/N-ethyl adjacent to an activating group) is 1. The van der Waals surface area contributed by atoms with Crippen LogP contribution >= 0.6 is 15.9 Å². The zero-order chi connectivity index (χ0) is 17.6. The van der Waals surface area contributed by atoms with Gasteiger partial charge in [0.1, 0.15) is 11.7 Å². The molecule has 0 N–H and O–H groups in total. The second kappa shape index (κ2) is 5.96. The molecule has 0 aliphatic carbocycles. The van der Waals surface area contributed by atoms with Crippen molar-refractivity contribution < 1.29 is 9.53 Å². The number of carbonyl (C=O) groups excluding carboxylic acids is 1. The summed E-state index contributed by atoms with van der Waals surface area (Å²) in [6, 6.07) is 6.55. The number of rotatable bonds is 0. The number of hydrogen-bond acceptors (Lipinski definition) is 4. The van der Waals surface area contributed by atoms with Crippen molar-refractivity contribution in [3.63, 3.8) is 0 Å². The molecule has 0 saturated carbocycles. The molecule has 0 spiro atoms. The number of piperidine rings is 1. The van der Waals surface area contributed by atoms with E-state index in [9.17, 15) is 10.1 Å². The second-order valence-electron chi connectivity index (χ2n) is 7.50. The topological polar surface area (TPSA) is 56.6 Å². The Morgan fingerprint density at radius 3 is 2.75 bits per heavy atom. The normalized spacial score (nSPS) is 22.7. The first kappa shape index (κ1) is 17.1. The average molecular weight is 392 g/mol. The van der Waals surface area contributed by atoms with Crippen LogP contribution in [0.1, 0.15) is 44.2 Å². The molecule has 2 heterocycles. The average Bonchev–Trinajstić information content (AvgIpc) is 2.77. The molecule has 1 amide bonds. The van der Waals surface area contributed by atoms with Gasteiger partial charge in [-0.3, -0.25) is 0 Å².